The van der Waals surface area contributed by atoms with E-state index in [1.165, 1.54) is 11.1 Å². The predicted molar refractivity (Wildman–Crippen MR) is 158 cm³/mol. The molecular formula is C35H35NO5. The lowest BCUT2D eigenvalue weighted by Crippen LogP contribution is -2.46. The molecule has 4 aromatic carbocycles. The number of hydrogen-bond acceptors (Lipinski definition) is 5. The Hall–Kier alpha value is -4.29. The van der Waals surface area contributed by atoms with E-state index in [2.05, 4.69) is 43.9 Å². The third-order valence-electron chi connectivity index (χ3n) is 8.39. The minimum absolute atomic E-state index is 0.0397. The second-order valence-electron chi connectivity index (χ2n) is 11.1. The van der Waals surface area contributed by atoms with E-state index in [1.54, 1.807) is 0 Å². The Kier molecular flexibility index (Phi) is 7.41. The topological polar surface area (TPSA) is 68.2 Å². The zero-order chi connectivity index (χ0) is 28.5. The number of carboxylic acid groups (broad SMARTS) is 1. The highest BCUT2D eigenvalue weighted by Crippen LogP contribution is 2.42. The summed E-state index contributed by atoms with van der Waals surface area (Å²) < 4.78 is 18.6. The second kappa shape index (κ2) is 11.3. The van der Waals surface area contributed by atoms with Crippen LogP contribution in [0.5, 0.6) is 17.2 Å². The van der Waals surface area contributed by atoms with Crippen LogP contribution in [0.2, 0.25) is 0 Å². The summed E-state index contributed by atoms with van der Waals surface area (Å²) in [7, 11) is 0. The molecule has 3 unspecified atom stereocenters. The lowest BCUT2D eigenvalue weighted by molar-refractivity contribution is -0.145. The van der Waals surface area contributed by atoms with E-state index in [0.717, 1.165) is 33.6 Å². The summed E-state index contributed by atoms with van der Waals surface area (Å²) in [5.74, 6) is 1.35. The molecule has 0 amide bonds. The molecule has 0 bridgehead atoms. The number of benzene rings is 4. The van der Waals surface area contributed by atoms with E-state index in [0.29, 0.717) is 37.7 Å². The molecule has 0 radical (unpaired) electrons. The lowest BCUT2D eigenvalue weighted by atomic mass is 9.90. The zero-order valence-electron chi connectivity index (χ0n) is 23.7. The first-order chi connectivity index (χ1) is 19.9. The fraction of sp³-hybridized carbons (Fsp3) is 0.286. The molecule has 0 saturated heterocycles. The van der Waals surface area contributed by atoms with Crippen molar-refractivity contribution < 1.29 is 24.1 Å². The normalized spacial score (nSPS) is 18.8. The maximum Gasteiger partial charge on any atom is 0.321 e. The molecule has 0 saturated carbocycles. The summed E-state index contributed by atoms with van der Waals surface area (Å²) in [6, 6.07) is 27.8. The first-order valence-corrected chi connectivity index (χ1v) is 14.1. The van der Waals surface area contributed by atoms with Crippen LogP contribution in [0.3, 0.4) is 0 Å². The molecule has 6 nitrogen and oxygen atoms in total. The fourth-order valence-electron chi connectivity index (χ4n) is 5.73. The molecule has 2 heterocycles. The minimum atomic E-state index is -0.810. The van der Waals surface area contributed by atoms with Gasteiger partial charge in [0, 0.05) is 12.6 Å². The Morgan fingerprint density at radius 1 is 0.951 bits per heavy atom. The SMILES string of the molecule is Cc1ccc(COc2ccc(C3COc4cc5c(cc4O3)CN(C(C)c3ccccc3)C(C(=O)O)C5)cc2)cc1C. The molecule has 210 valence electrons. The Morgan fingerprint density at radius 2 is 1.71 bits per heavy atom. The number of aliphatic carboxylic acids is 1. The average Bonchev–Trinajstić information content (AvgIpc) is 3.00. The molecule has 0 aromatic heterocycles. The quantitative estimate of drug-likeness (QED) is 0.269. The summed E-state index contributed by atoms with van der Waals surface area (Å²) in [6.07, 6.45) is 0.176. The number of ether oxygens (including phenoxy) is 3. The Labute approximate surface area is 241 Å². The first kappa shape index (κ1) is 26.9. The molecule has 0 fully saturated rings. The Bertz CT molecular complexity index is 1550. The molecule has 0 spiro atoms. The molecule has 4 aromatic rings. The van der Waals surface area contributed by atoms with E-state index in [4.69, 9.17) is 14.2 Å². The van der Waals surface area contributed by atoms with Crippen LogP contribution in [0.15, 0.2) is 84.9 Å². The molecule has 1 N–H and O–H groups in total. The molecule has 3 atom stereocenters. The van der Waals surface area contributed by atoms with Crippen LogP contribution in [0, 0.1) is 13.8 Å². The van der Waals surface area contributed by atoms with E-state index in [9.17, 15) is 9.90 Å². The van der Waals surface area contributed by atoms with Crippen LogP contribution in [0.25, 0.3) is 0 Å². The molecule has 6 heteroatoms. The van der Waals surface area contributed by atoms with Gasteiger partial charge in [0.15, 0.2) is 17.6 Å². The van der Waals surface area contributed by atoms with Gasteiger partial charge in [0.1, 0.15) is 25.0 Å². The van der Waals surface area contributed by atoms with Crippen molar-refractivity contribution in [1.82, 2.24) is 4.90 Å². The van der Waals surface area contributed by atoms with Crippen LogP contribution in [-0.4, -0.2) is 28.6 Å². The standard InChI is InChI=1S/C35H35NO5/c1-22-9-10-25(15-23(22)2)20-39-30-13-11-27(12-14-30)34-21-40-32-17-28-16-31(35(37)38)36(19-29(28)18-33(32)41-34)24(3)26-7-5-4-6-8-26/h4-15,17-18,24,31,34H,16,19-21H2,1-3H3,(H,37,38). The first-order valence-electron chi connectivity index (χ1n) is 14.1. The number of nitrogens with zero attached hydrogens (tertiary/aromatic N) is 1. The van der Waals surface area contributed by atoms with Crippen molar-refractivity contribution in [2.75, 3.05) is 6.61 Å². The Balaban J connectivity index is 1.16. The maximum absolute atomic E-state index is 12.3. The summed E-state index contributed by atoms with van der Waals surface area (Å²) in [5.41, 5.74) is 7.87. The van der Waals surface area contributed by atoms with Crippen molar-refractivity contribution in [2.45, 2.75) is 58.5 Å². The number of hydrogen-bond donors (Lipinski definition) is 1. The van der Waals surface area contributed by atoms with Gasteiger partial charge >= 0.3 is 5.97 Å². The zero-order valence-corrected chi connectivity index (χ0v) is 23.7. The smallest absolute Gasteiger partial charge is 0.321 e. The van der Waals surface area contributed by atoms with Gasteiger partial charge in [-0.2, -0.15) is 0 Å². The second-order valence-corrected chi connectivity index (χ2v) is 11.1. The van der Waals surface area contributed by atoms with E-state index >= 15 is 0 Å². The molecule has 41 heavy (non-hydrogen) atoms. The lowest BCUT2D eigenvalue weighted by Gasteiger charge is -2.39. The van der Waals surface area contributed by atoms with Crippen LogP contribution < -0.4 is 14.2 Å². The molecule has 0 aliphatic carbocycles. The fourth-order valence-corrected chi connectivity index (χ4v) is 5.73. The van der Waals surface area contributed by atoms with Crippen LogP contribution in [-0.2, 0) is 24.4 Å². The maximum atomic E-state index is 12.3. The molecule has 2 aliphatic heterocycles. The van der Waals surface area contributed by atoms with Gasteiger partial charge in [-0.1, -0.05) is 60.7 Å². The van der Waals surface area contributed by atoms with Crippen molar-refractivity contribution in [3.63, 3.8) is 0 Å². The van der Waals surface area contributed by atoms with Crippen molar-refractivity contribution in [3.05, 3.63) is 124 Å². The number of carbonyl (C=O) groups is 1. The number of fused-ring (bicyclic) bond motifs is 2. The van der Waals surface area contributed by atoms with E-state index in [1.807, 2.05) is 66.7 Å². The highest BCUT2D eigenvalue weighted by molar-refractivity contribution is 5.75. The Morgan fingerprint density at radius 3 is 2.44 bits per heavy atom. The van der Waals surface area contributed by atoms with Gasteiger partial charge in [0.2, 0.25) is 0 Å². The van der Waals surface area contributed by atoms with Gasteiger partial charge in [-0.3, -0.25) is 9.69 Å². The predicted octanol–water partition coefficient (Wildman–Crippen LogP) is 6.97. The van der Waals surface area contributed by atoms with Crippen molar-refractivity contribution in [3.8, 4) is 17.2 Å². The van der Waals surface area contributed by atoms with Gasteiger partial charge in [-0.15, -0.1) is 0 Å². The van der Waals surface area contributed by atoms with E-state index < -0.39 is 12.0 Å². The van der Waals surface area contributed by atoms with Crippen LogP contribution in [0.4, 0.5) is 0 Å². The van der Waals surface area contributed by atoms with Crippen molar-refractivity contribution in [2.24, 2.45) is 0 Å². The largest absolute Gasteiger partial charge is 0.489 e. The number of aryl methyl sites for hydroxylation is 2. The summed E-state index contributed by atoms with van der Waals surface area (Å²) in [5, 5.41) is 10.1. The third-order valence-corrected chi connectivity index (χ3v) is 8.39. The van der Waals surface area contributed by atoms with Crippen LogP contribution in [0.1, 0.15) is 58.0 Å². The van der Waals surface area contributed by atoms with Crippen molar-refractivity contribution >= 4 is 5.97 Å². The highest BCUT2D eigenvalue weighted by Gasteiger charge is 2.36. The van der Waals surface area contributed by atoms with Gasteiger partial charge in [0.05, 0.1) is 0 Å². The van der Waals surface area contributed by atoms with Gasteiger partial charge in [-0.25, -0.2) is 0 Å². The van der Waals surface area contributed by atoms with Gasteiger partial charge in [0.25, 0.3) is 0 Å². The van der Waals surface area contributed by atoms with Crippen molar-refractivity contribution in [1.29, 1.82) is 0 Å². The van der Waals surface area contributed by atoms with Crippen LogP contribution >= 0.6 is 0 Å². The molecule has 6 rings (SSSR count). The minimum Gasteiger partial charge on any atom is -0.489 e. The highest BCUT2D eigenvalue weighted by atomic mass is 16.6. The third kappa shape index (κ3) is 5.66. The summed E-state index contributed by atoms with van der Waals surface area (Å²) >= 11 is 0. The monoisotopic (exact) mass is 549 g/mol. The summed E-state index contributed by atoms with van der Waals surface area (Å²) in [6.45, 7) is 7.72. The molecule has 2 aliphatic rings. The van der Waals surface area contributed by atoms with Gasteiger partial charge < -0.3 is 19.3 Å². The number of rotatable bonds is 7. The average molecular weight is 550 g/mol. The van der Waals surface area contributed by atoms with E-state index in [-0.39, 0.29) is 12.1 Å². The number of carboxylic acids is 1. The summed E-state index contributed by atoms with van der Waals surface area (Å²) in [4.78, 5) is 14.3. The molecular weight excluding hydrogens is 514 g/mol. The van der Waals surface area contributed by atoms with Gasteiger partial charge in [-0.05, 0) is 90.4 Å².